The van der Waals surface area contributed by atoms with Gasteiger partial charge in [0.05, 0.1) is 12.8 Å². The van der Waals surface area contributed by atoms with Crippen LogP contribution in [0.4, 0.5) is 5.69 Å². The molecule has 2 aliphatic rings. The maximum atomic E-state index is 11.3. The molecule has 1 heterocycles. The van der Waals surface area contributed by atoms with Gasteiger partial charge in [0, 0.05) is 5.69 Å². The Labute approximate surface area is 105 Å². The van der Waals surface area contributed by atoms with Gasteiger partial charge >= 0.3 is 5.97 Å². The molecule has 0 radical (unpaired) electrons. The fourth-order valence-electron chi connectivity index (χ4n) is 2.71. The second-order valence-electron chi connectivity index (χ2n) is 5.18. The van der Waals surface area contributed by atoms with Crippen LogP contribution in [0.2, 0.25) is 0 Å². The molecular weight excluding hydrogens is 230 g/mol. The molecule has 0 spiro atoms. The zero-order chi connectivity index (χ0) is 12.7. The van der Waals surface area contributed by atoms with Crippen molar-refractivity contribution in [1.82, 2.24) is 0 Å². The third-order valence-electron chi connectivity index (χ3n) is 3.77. The van der Waals surface area contributed by atoms with Crippen LogP contribution in [-0.2, 0) is 16.0 Å². The molecule has 3 rings (SSSR count). The Kier molecular flexibility index (Phi) is 2.58. The van der Waals surface area contributed by atoms with E-state index >= 15 is 0 Å². The Balaban J connectivity index is 1.88. The van der Waals surface area contributed by atoms with Crippen LogP contribution in [-0.4, -0.2) is 17.0 Å². The highest BCUT2D eigenvalue weighted by atomic mass is 16.4. The van der Waals surface area contributed by atoms with Crippen LogP contribution in [0.5, 0.6) is 0 Å². The number of benzene rings is 1. The highest BCUT2D eigenvalue weighted by Crippen LogP contribution is 2.45. The number of rotatable bonds is 4. The molecule has 4 nitrogen and oxygen atoms in total. The van der Waals surface area contributed by atoms with E-state index in [1.54, 1.807) is 0 Å². The Morgan fingerprint density at radius 2 is 2.22 bits per heavy atom. The summed E-state index contributed by atoms with van der Waals surface area (Å²) in [5.74, 6) is -0.152. The second-order valence-corrected chi connectivity index (χ2v) is 5.18. The maximum absolute atomic E-state index is 11.3. The number of hydrogen-bond acceptors (Lipinski definition) is 2. The minimum atomic E-state index is -0.753. The van der Waals surface area contributed by atoms with Crippen LogP contribution >= 0.6 is 0 Å². The van der Waals surface area contributed by atoms with Gasteiger partial charge < -0.3 is 10.4 Å². The number of aliphatic carboxylic acids is 1. The van der Waals surface area contributed by atoms with Crippen molar-refractivity contribution in [3.63, 3.8) is 0 Å². The van der Waals surface area contributed by atoms with Gasteiger partial charge in [0.1, 0.15) is 0 Å². The van der Waals surface area contributed by atoms with E-state index in [0.717, 1.165) is 29.7 Å². The average Bonchev–Trinajstić information content (AvgIpc) is 3.06. The highest BCUT2D eigenvalue weighted by molar-refractivity contribution is 5.99. The third-order valence-corrected chi connectivity index (χ3v) is 3.77. The molecule has 94 valence electrons. The zero-order valence-corrected chi connectivity index (χ0v) is 9.98. The zero-order valence-electron chi connectivity index (χ0n) is 9.98. The van der Waals surface area contributed by atoms with Gasteiger partial charge in [-0.05, 0) is 41.9 Å². The van der Waals surface area contributed by atoms with Crippen molar-refractivity contribution < 1.29 is 14.7 Å². The first kappa shape index (κ1) is 11.3. The molecule has 2 N–H and O–H groups in total. The molecule has 1 atom stereocenters. The van der Waals surface area contributed by atoms with Crippen molar-refractivity contribution in [3.05, 3.63) is 29.3 Å². The molecule has 1 aliphatic carbocycles. The molecule has 4 heteroatoms. The van der Waals surface area contributed by atoms with E-state index in [1.165, 1.54) is 0 Å². The van der Waals surface area contributed by atoms with E-state index < -0.39 is 5.97 Å². The standard InChI is InChI=1S/C14H15NO3/c16-13-6-10-4-3-9(5-12(10)15-13)11(7-14(17)18)8-1-2-8/h3-5,8,11H,1-2,6-7H2,(H,15,16)(H,17,18). The monoisotopic (exact) mass is 245 g/mol. The van der Waals surface area contributed by atoms with Gasteiger partial charge in [-0.2, -0.15) is 0 Å². The number of anilines is 1. The number of carbonyl (C=O) groups is 2. The van der Waals surface area contributed by atoms with Crippen molar-refractivity contribution in [1.29, 1.82) is 0 Å². The van der Waals surface area contributed by atoms with Crippen LogP contribution in [0.1, 0.15) is 36.3 Å². The summed E-state index contributed by atoms with van der Waals surface area (Å²) < 4.78 is 0. The summed E-state index contributed by atoms with van der Waals surface area (Å²) in [5, 5.41) is 11.8. The smallest absolute Gasteiger partial charge is 0.303 e. The van der Waals surface area contributed by atoms with Gasteiger partial charge in [-0.25, -0.2) is 0 Å². The summed E-state index contributed by atoms with van der Waals surface area (Å²) in [6.07, 6.45) is 2.84. The molecular formula is C14H15NO3. The molecule has 1 aliphatic heterocycles. The highest BCUT2D eigenvalue weighted by Gasteiger charge is 2.34. The number of nitrogens with one attached hydrogen (secondary N) is 1. The molecule has 1 aromatic carbocycles. The van der Waals surface area contributed by atoms with Gasteiger partial charge in [-0.15, -0.1) is 0 Å². The molecule has 18 heavy (non-hydrogen) atoms. The fourth-order valence-corrected chi connectivity index (χ4v) is 2.71. The number of hydrogen-bond donors (Lipinski definition) is 2. The van der Waals surface area contributed by atoms with E-state index in [2.05, 4.69) is 5.32 Å². The first-order valence-electron chi connectivity index (χ1n) is 6.28. The van der Waals surface area contributed by atoms with Crippen molar-refractivity contribution in [2.24, 2.45) is 5.92 Å². The summed E-state index contributed by atoms with van der Waals surface area (Å²) in [7, 11) is 0. The Morgan fingerprint density at radius 3 is 2.89 bits per heavy atom. The van der Waals surface area contributed by atoms with Crippen LogP contribution in [0.25, 0.3) is 0 Å². The van der Waals surface area contributed by atoms with E-state index in [-0.39, 0.29) is 18.2 Å². The van der Waals surface area contributed by atoms with Crippen LogP contribution in [0.3, 0.4) is 0 Å². The molecule has 0 bridgehead atoms. The van der Waals surface area contributed by atoms with Crippen LogP contribution < -0.4 is 5.32 Å². The summed E-state index contributed by atoms with van der Waals surface area (Å²) >= 11 is 0. The Bertz CT molecular complexity index is 520. The number of amides is 1. The van der Waals surface area contributed by atoms with E-state index in [0.29, 0.717) is 12.3 Å². The minimum Gasteiger partial charge on any atom is -0.481 e. The van der Waals surface area contributed by atoms with Gasteiger partial charge in [0.15, 0.2) is 0 Å². The van der Waals surface area contributed by atoms with Gasteiger partial charge in [-0.3, -0.25) is 9.59 Å². The summed E-state index contributed by atoms with van der Waals surface area (Å²) in [5.41, 5.74) is 2.91. The lowest BCUT2D eigenvalue weighted by atomic mass is 9.90. The SMILES string of the molecule is O=C(O)CC(c1ccc2c(c1)NC(=O)C2)C1CC1. The van der Waals surface area contributed by atoms with Crippen LogP contribution in [0, 0.1) is 5.92 Å². The van der Waals surface area contributed by atoms with E-state index in [4.69, 9.17) is 5.11 Å². The number of fused-ring (bicyclic) bond motifs is 1. The number of carboxylic acids is 1. The molecule has 0 saturated heterocycles. The fraction of sp³-hybridized carbons (Fsp3) is 0.429. The molecule has 1 fully saturated rings. The normalized spacial score (nSPS) is 19.2. The summed E-state index contributed by atoms with van der Waals surface area (Å²) in [4.78, 5) is 22.2. The summed E-state index contributed by atoms with van der Waals surface area (Å²) in [6, 6.07) is 5.87. The maximum Gasteiger partial charge on any atom is 0.303 e. The second kappa shape index (κ2) is 4.12. The molecule has 0 aromatic heterocycles. The van der Waals surface area contributed by atoms with E-state index in [9.17, 15) is 9.59 Å². The van der Waals surface area contributed by atoms with Crippen LogP contribution in [0.15, 0.2) is 18.2 Å². The largest absolute Gasteiger partial charge is 0.481 e. The molecule has 1 unspecified atom stereocenters. The van der Waals surface area contributed by atoms with Gasteiger partial charge in [0.25, 0.3) is 0 Å². The number of carboxylic acid groups (broad SMARTS) is 1. The topological polar surface area (TPSA) is 66.4 Å². The van der Waals surface area contributed by atoms with Crippen molar-refractivity contribution in [3.8, 4) is 0 Å². The van der Waals surface area contributed by atoms with Crippen molar-refractivity contribution in [2.75, 3.05) is 5.32 Å². The number of carbonyl (C=O) groups excluding carboxylic acids is 1. The average molecular weight is 245 g/mol. The molecule has 1 saturated carbocycles. The van der Waals surface area contributed by atoms with Crippen molar-refractivity contribution in [2.45, 2.75) is 31.6 Å². The lowest BCUT2D eigenvalue weighted by Gasteiger charge is -2.15. The lowest BCUT2D eigenvalue weighted by molar-refractivity contribution is -0.137. The summed E-state index contributed by atoms with van der Waals surface area (Å²) in [6.45, 7) is 0. The Hall–Kier alpha value is -1.84. The quantitative estimate of drug-likeness (QED) is 0.854. The van der Waals surface area contributed by atoms with Gasteiger partial charge in [0.2, 0.25) is 5.91 Å². The van der Waals surface area contributed by atoms with E-state index in [1.807, 2.05) is 18.2 Å². The Morgan fingerprint density at radius 1 is 1.44 bits per heavy atom. The van der Waals surface area contributed by atoms with Gasteiger partial charge in [-0.1, -0.05) is 12.1 Å². The third kappa shape index (κ3) is 2.10. The predicted molar refractivity (Wildman–Crippen MR) is 66.5 cm³/mol. The first-order chi connectivity index (χ1) is 8.63. The predicted octanol–water partition coefficient (Wildman–Crippen LogP) is 2.15. The minimum absolute atomic E-state index is 0.0170. The first-order valence-corrected chi connectivity index (χ1v) is 6.28. The lowest BCUT2D eigenvalue weighted by Crippen LogP contribution is -2.09. The van der Waals surface area contributed by atoms with Crippen molar-refractivity contribution >= 4 is 17.6 Å². The molecule has 1 amide bonds. The molecule has 1 aromatic rings.